The summed E-state index contributed by atoms with van der Waals surface area (Å²) in [5, 5.41) is 23.4. The van der Waals surface area contributed by atoms with Gasteiger partial charge in [-0.2, -0.15) is 0 Å². The largest absolute Gasteiger partial charge is 0.494 e. The first-order valence-corrected chi connectivity index (χ1v) is 17.2. The average molecular weight is 639 g/mol. The standard InChI is InChI=1S/C37H54N2O7/c1-2-3-4-5-6-7-8-9-10-11-12-13-14-15-16-17-27-46-32-23-21-29(22-24-32)35(42)39-33(25-26-34(40)41)36(43)38-31-20-18-19-30(28-31)37(44)45/h18-24,28,33H,2-17,25-27H2,1H3,(H,38,43)(H,39,42)(H,40,41)(H,44,45)/t33-/m1/s1. The molecule has 0 saturated heterocycles. The molecular weight excluding hydrogens is 584 g/mol. The van der Waals surface area contributed by atoms with E-state index in [0.29, 0.717) is 17.9 Å². The summed E-state index contributed by atoms with van der Waals surface area (Å²) in [6.07, 6.45) is 20.6. The molecule has 0 spiro atoms. The van der Waals surface area contributed by atoms with E-state index in [4.69, 9.17) is 9.84 Å². The number of carboxylic acids is 2. The van der Waals surface area contributed by atoms with Crippen LogP contribution in [0.5, 0.6) is 5.75 Å². The molecule has 0 heterocycles. The van der Waals surface area contributed by atoms with Crippen LogP contribution in [0.3, 0.4) is 0 Å². The number of amides is 2. The van der Waals surface area contributed by atoms with Gasteiger partial charge in [-0.05, 0) is 55.3 Å². The molecule has 0 aliphatic heterocycles. The molecule has 9 nitrogen and oxygen atoms in total. The van der Waals surface area contributed by atoms with Gasteiger partial charge in [0.15, 0.2) is 0 Å². The second kappa shape index (κ2) is 23.5. The minimum atomic E-state index is -1.15. The van der Waals surface area contributed by atoms with Crippen molar-refractivity contribution >= 4 is 29.4 Å². The van der Waals surface area contributed by atoms with Gasteiger partial charge in [0.1, 0.15) is 11.8 Å². The lowest BCUT2D eigenvalue weighted by Crippen LogP contribution is -2.44. The molecule has 9 heteroatoms. The minimum absolute atomic E-state index is 0.0129. The van der Waals surface area contributed by atoms with Crippen molar-refractivity contribution < 1.29 is 34.1 Å². The SMILES string of the molecule is CCCCCCCCCCCCCCCCCCOc1ccc(C(=O)N[C@H](CCC(=O)O)C(=O)Nc2cccc(C(=O)O)c2)cc1. The van der Waals surface area contributed by atoms with Crippen LogP contribution >= 0.6 is 0 Å². The van der Waals surface area contributed by atoms with E-state index in [-0.39, 0.29) is 24.1 Å². The number of hydrogen-bond acceptors (Lipinski definition) is 5. The maximum Gasteiger partial charge on any atom is 0.335 e. The number of carboxylic acid groups (broad SMARTS) is 2. The zero-order valence-electron chi connectivity index (χ0n) is 27.6. The Labute approximate surface area is 274 Å². The van der Waals surface area contributed by atoms with Gasteiger partial charge in [0.05, 0.1) is 12.2 Å². The number of rotatable bonds is 26. The van der Waals surface area contributed by atoms with Crippen molar-refractivity contribution in [2.45, 2.75) is 129 Å². The third-order valence-electron chi connectivity index (χ3n) is 8.03. The van der Waals surface area contributed by atoms with Gasteiger partial charge in [0.2, 0.25) is 5.91 Å². The molecule has 0 radical (unpaired) electrons. The van der Waals surface area contributed by atoms with Crippen LogP contribution in [0, 0.1) is 0 Å². The number of aromatic carboxylic acids is 1. The molecule has 4 N–H and O–H groups in total. The molecule has 2 aromatic rings. The predicted octanol–water partition coefficient (Wildman–Crippen LogP) is 8.63. The van der Waals surface area contributed by atoms with E-state index in [1.807, 2.05) is 0 Å². The van der Waals surface area contributed by atoms with E-state index in [0.717, 1.165) is 12.8 Å². The Morgan fingerprint density at radius 1 is 0.696 bits per heavy atom. The Hall–Kier alpha value is -3.88. The summed E-state index contributed by atoms with van der Waals surface area (Å²) in [4.78, 5) is 48.1. The molecule has 254 valence electrons. The number of nitrogens with one attached hydrogen (secondary N) is 2. The van der Waals surface area contributed by atoms with Gasteiger partial charge in [-0.3, -0.25) is 14.4 Å². The van der Waals surface area contributed by atoms with Gasteiger partial charge < -0.3 is 25.6 Å². The van der Waals surface area contributed by atoms with Crippen LogP contribution in [0.1, 0.15) is 143 Å². The van der Waals surface area contributed by atoms with E-state index in [1.54, 1.807) is 24.3 Å². The summed E-state index contributed by atoms with van der Waals surface area (Å²) in [5.41, 5.74) is 0.516. The molecule has 0 aromatic heterocycles. The van der Waals surface area contributed by atoms with E-state index in [1.165, 1.54) is 114 Å². The Kier molecular flexibility index (Phi) is 19.5. The molecule has 0 bridgehead atoms. The predicted molar refractivity (Wildman–Crippen MR) is 182 cm³/mol. The second-order valence-electron chi connectivity index (χ2n) is 12.0. The highest BCUT2D eigenvalue weighted by atomic mass is 16.5. The fraction of sp³-hybridized carbons (Fsp3) is 0.568. The number of ether oxygens (including phenoxy) is 1. The van der Waals surface area contributed by atoms with Crippen molar-refractivity contribution in [1.82, 2.24) is 5.32 Å². The highest BCUT2D eigenvalue weighted by molar-refractivity contribution is 6.01. The smallest absolute Gasteiger partial charge is 0.335 e. The molecule has 1 atom stereocenters. The normalized spacial score (nSPS) is 11.5. The van der Waals surface area contributed by atoms with Gasteiger partial charge in [0, 0.05) is 17.7 Å². The second-order valence-corrected chi connectivity index (χ2v) is 12.0. The molecule has 0 aliphatic rings. The number of benzene rings is 2. The molecule has 0 unspecified atom stereocenters. The van der Waals surface area contributed by atoms with Gasteiger partial charge in [0.25, 0.3) is 5.91 Å². The third-order valence-corrected chi connectivity index (χ3v) is 8.03. The van der Waals surface area contributed by atoms with Crippen molar-refractivity contribution in [3.8, 4) is 5.75 Å². The van der Waals surface area contributed by atoms with E-state index in [2.05, 4.69) is 17.6 Å². The summed E-state index contributed by atoms with van der Waals surface area (Å²) < 4.78 is 5.83. The zero-order valence-corrected chi connectivity index (χ0v) is 27.6. The Balaban J connectivity index is 1.63. The lowest BCUT2D eigenvalue weighted by atomic mass is 10.0. The summed E-state index contributed by atoms with van der Waals surface area (Å²) >= 11 is 0. The maximum atomic E-state index is 12.9. The highest BCUT2D eigenvalue weighted by Crippen LogP contribution is 2.17. The number of carbonyl (C=O) groups excluding carboxylic acids is 2. The lowest BCUT2D eigenvalue weighted by molar-refractivity contribution is -0.137. The Bertz CT molecular complexity index is 1180. The van der Waals surface area contributed by atoms with Crippen LogP contribution in [-0.2, 0) is 9.59 Å². The van der Waals surface area contributed by atoms with Gasteiger partial charge in [-0.15, -0.1) is 0 Å². The van der Waals surface area contributed by atoms with Gasteiger partial charge in [-0.1, -0.05) is 109 Å². The first-order valence-electron chi connectivity index (χ1n) is 17.2. The molecule has 0 aliphatic carbocycles. The minimum Gasteiger partial charge on any atom is -0.494 e. The summed E-state index contributed by atoms with van der Waals surface area (Å²) in [6.45, 7) is 2.87. The van der Waals surface area contributed by atoms with Crippen molar-refractivity contribution in [2.75, 3.05) is 11.9 Å². The third kappa shape index (κ3) is 17.0. The summed E-state index contributed by atoms with van der Waals surface area (Å²) in [7, 11) is 0. The summed E-state index contributed by atoms with van der Waals surface area (Å²) in [6, 6.07) is 11.1. The molecule has 2 amide bonds. The molecule has 0 fully saturated rings. The molecule has 0 saturated carbocycles. The highest BCUT2D eigenvalue weighted by Gasteiger charge is 2.23. The first kappa shape index (κ1) is 38.3. The van der Waals surface area contributed by atoms with Crippen molar-refractivity contribution in [3.05, 3.63) is 59.7 Å². The van der Waals surface area contributed by atoms with Gasteiger partial charge >= 0.3 is 11.9 Å². The zero-order chi connectivity index (χ0) is 33.4. The monoisotopic (exact) mass is 638 g/mol. The maximum absolute atomic E-state index is 12.9. The fourth-order valence-electron chi connectivity index (χ4n) is 5.28. The number of carbonyl (C=O) groups is 4. The lowest BCUT2D eigenvalue weighted by Gasteiger charge is -2.18. The van der Waals surface area contributed by atoms with Crippen LogP contribution in [-0.4, -0.2) is 46.6 Å². The topological polar surface area (TPSA) is 142 Å². The van der Waals surface area contributed by atoms with E-state index >= 15 is 0 Å². The quantitative estimate of drug-likeness (QED) is 0.0756. The Morgan fingerprint density at radius 2 is 1.24 bits per heavy atom. The number of hydrogen-bond donors (Lipinski definition) is 4. The Morgan fingerprint density at radius 3 is 1.76 bits per heavy atom. The van der Waals surface area contributed by atoms with Gasteiger partial charge in [-0.25, -0.2) is 4.79 Å². The van der Waals surface area contributed by atoms with Crippen LogP contribution in [0.4, 0.5) is 5.69 Å². The van der Waals surface area contributed by atoms with Crippen LogP contribution < -0.4 is 15.4 Å². The number of unbranched alkanes of at least 4 members (excludes halogenated alkanes) is 15. The molecular formula is C37H54N2O7. The van der Waals surface area contributed by atoms with Crippen LogP contribution in [0.2, 0.25) is 0 Å². The molecule has 2 aromatic carbocycles. The average Bonchev–Trinajstić information content (AvgIpc) is 3.04. The first-order chi connectivity index (χ1) is 22.3. The summed E-state index contributed by atoms with van der Waals surface area (Å²) in [5.74, 6) is -2.78. The fourth-order valence-corrected chi connectivity index (χ4v) is 5.28. The van der Waals surface area contributed by atoms with Crippen LogP contribution in [0.25, 0.3) is 0 Å². The van der Waals surface area contributed by atoms with Crippen molar-refractivity contribution in [2.24, 2.45) is 0 Å². The van der Waals surface area contributed by atoms with E-state index < -0.39 is 29.8 Å². The number of aliphatic carboxylic acids is 1. The van der Waals surface area contributed by atoms with Crippen molar-refractivity contribution in [1.29, 1.82) is 0 Å². The molecule has 2 rings (SSSR count). The van der Waals surface area contributed by atoms with Crippen molar-refractivity contribution in [3.63, 3.8) is 0 Å². The number of anilines is 1. The molecule has 46 heavy (non-hydrogen) atoms. The van der Waals surface area contributed by atoms with E-state index in [9.17, 15) is 24.3 Å². The van der Waals surface area contributed by atoms with Crippen LogP contribution in [0.15, 0.2) is 48.5 Å².